The predicted octanol–water partition coefficient (Wildman–Crippen LogP) is 1.46. The van der Waals surface area contributed by atoms with Crippen LogP contribution in [-0.4, -0.2) is 35.0 Å². The summed E-state index contributed by atoms with van der Waals surface area (Å²) in [6, 6.07) is 5.50. The molecule has 1 aromatic rings. The van der Waals surface area contributed by atoms with Crippen LogP contribution >= 0.6 is 0 Å². The first-order valence-electron chi connectivity index (χ1n) is 8.08. The standard InChI is InChI=1S/C17H20N2O5/c20-14-6-3-11-10-12(4-5-13(11)18-14)24-9-1-2-15(21)19-17(7-8-17)16(22)23/h4-5,10H,1-3,6-9H2,(H,18,20)(H,19,21)(H,22,23). The number of carboxylic acid groups (broad SMARTS) is 1. The minimum absolute atomic E-state index is 0.0250. The van der Waals surface area contributed by atoms with Crippen LogP contribution in [-0.2, 0) is 20.8 Å². The maximum atomic E-state index is 11.8. The highest BCUT2D eigenvalue weighted by atomic mass is 16.5. The Bertz CT molecular complexity index is 682. The lowest BCUT2D eigenvalue weighted by molar-refractivity contribution is -0.143. The molecule has 3 rings (SSSR count). The lowest BCUT2D eigenvalue weighted by atomic mass is 10.0. The number of amides is 2. The minimum atomic E-state index is -1.03. The van der Waals surface area contributed by atoms with Crippen LogP contribution in [0.4, 0.5) is 5.69 Å². The summed E-state index contributed by atoms with van der Waals surface area (Å²) in [7, 11) is 0. The van der Waals surface area contributed by atoms with Crippen molar-refractivity contribution in [3.8, 4) is 5.75 Å². The van der Waals surface area contributed by atoms with E-state index < -0.39 is 11.5 Å². The molecule has 3 N–H and O–H groups in total. The summed E-state index contributed by atoms with van der Waals surface area (Å²) >= 11 is 0. The Hall–Kier alpha value is -2.57. The number of carbonyl (C=O) groups excluding carboxylic acids is 2. The number of fused-ring (bicyclic) bond motifs is 1. The number of hydrogen-bond donors (Lipinski definition) is 3. The van der Waals surface area contributed by atoms with Gasteiger partial charge in [-0.1, -0.05) is 0 Å². The zero-order chi connectivity index (χ0) is 17.2. The second-order valence-electron chi connectivity index (χ2n) is 6.25. The fraction of sp³-hybridized carbons (Fsp3) is 0.471. The van der Waals surface area contributed by atoms with Gasteiger partial charge in [-0.3, -0.25) is 9.59 Å². The number of carboxylic acids is 1. The summed E-state index contributed by atoms with van der Waals surface area (Å²) in [5.74, 6) is -0.494. The van der Waals surface area contributed by atoms with E-state index in [9.17, 15) is 14.4 Å². The van der Waals surface area contributed by atoms with Crippen LogP contribution in [0.15, 0.2) is 18.2 Å². The van der Waals surface area contributed by atoms with Crippen LogP contribution < -0.4 is 15.4 Å². The first-order chi connectivity index (χ1) is 11.5. The van der Waals surface area contributed by atoms with Gasteiger partial charge in [0.1, 0.15) is 11.3 Å². The fourth-order valence-electron chi connectivity index (χ4n) is 2.72. The average molecular weight is 332 g/mol. The molecular formula is C17H20N2O5. The molecule has 0 unspecified atom stereocenters. The number of anilines is 1. The number of hydrogen-bond acceptors (Lipinski definition) is 4. The van der Waals surface area contributed by atoms with Gasteiger partial charge < -0.3 is 20.5 Å². The molecule has 1 heterocycles. The third kappa shape index (κ3) is 3.67. The zero-order valence-electron chi connectivity index (χ0n) is 13.3. The van der Waals surface area contributed by atoms with E-state index in [1.54, 1.807) is 6.07 Å². The van der Waals surface area contributed by atoms with Crippen molar-refractivity contribution >= 4 is 23.5 Å². The van der Waals surface area contributed by atoms with Gasteiger partial charge in [0.15, 0.2) is 0 Å². The summed E-state index contributed by atoms with van der Waals surface area (Å²) in [6.07, 6.45) is 2.90. The molecule has 7 heteroatoms. The summed E-state index contributed by atoms with van der Waals surface area (Å²) in [6.45, 7) is 0.374. The zero-order valence-corrected chi connectivity index (χ0v) is 13.3. The molecule has 1 fully saturated rings. The van der Waals surface area contributed by atoms with Gasteiger partial charge in [-0.05, 0) is 49.4 Å². The summed E-state index contributed by atoms with van der Waals surface area (Å²) < 4.78 is 5.63. The Kier molecular flexibility index (Phi) is 4.42. The smallest absolute Gasteiger partial charge is 0.329 e. The molecule has 1 aromatic carbocycles. The number of rotatable bonds is 7. The molecule has 1 aliphatic heterocycles. The van der Waals surface area contributed by atoms with Gasteiger partial charge in [0.2, 0.25) is 11.8 Å². The van der Waals surface area contributed by atoms with Crippen LogP contribution in [0.5, 0.6) is 5.75 Å². The molecule has 0 spiro atoms. The molecule has 0 bridgehead atoms. The molecule has 128 valence electrons. The van der Waals surface area contributed by atoms with E-state index in [1.165, 1.54) is 0 Å². The van der Waals surface area contributed by atoms with Crippen molar-refractivity contribution in [2.45, 2.75) is 44.1 Å². The number of ether oxygens (including phenoxy) is 1. The Morgan fingerprint density at radius 2 is 2.08 bits per heavy atom. The van der Waals surface area contributed by atoms with Gasteiger partial charge in [0.05, 0.1) is 6.61 Å². The molecule has 0 aromatic heterocycles. The molecule has 1 saturated carbocycles. The van der Waals surface area contributed by atoms with Crippen LogP contribution in [0.2, 0.25) is 0 Å². The molecular weight excluding hydrogens is 312 g/mol. The van der Waals surface area contributed by atoms with Gasteiger partial charge in [0.25, 0.3) is 0 Å². The van der Waals surface area contributed by atoms with E-state index >= 15 is 0 Å². The number of benzene rings is 1. The van der Waals surface area contributed by atoms with Crippen molar-refractivity contribution in [1.82, 2.24) is 5.32 Å². The second kappa shape index (κ2) is 6.51. The van der Waals surface area contributed by atoms with Gasteiger partial charge in [0, 0.05) is 18.5 Å². The van der Waals surface area contributed by atoms with Gasteiger partial charge >= 0.3 is 5.97 Å². The van der Waals surface area contributed by atoms with E-state index in [4.69, 9.17) is 9.84 Å². The number of aliphatic carboxylic acids is 1. The van der Waals surface area contributed by atoms with Gasteiger partial charge in [-0.2, -0.15) is 0 Å². The van der Waals surface area contributed by atoms with Crippen molar-refractivity contribution in [1.29, 1.82) is 0 Å². The minimum Gasteiger partial charge on any atom is -0.494 e. The highest BCUT2D eigenvalue weighted by Crippen LogP contribution is 2.35. The van der Waals surface area contributed by atoms with E-state index in [1.807, 2.05) is 12.1 Å². The van der Waals surface area contributed by atoms with Crippen LogP contribution in [0.1, 0.15) is 37.7 Å². The van der Waals surface area contributed by atoms with Gasteiger partial charge in [-0.25, -0.2) is 4.79 Å². The normalized spacial score (nSPS) is 17.4. The Morgan fingerprint density at radius 3 is 2.79 bits per heavy atom. The maximum Gasteiger partial charge on any atom is 0.329 e. The van der Waals surface area contributed by atoms with Crippen molar-refractivity contribution in [2.75, 3.05) is 11.9 Å². The number of nitrogens with one attached hydrogen (secondary N) is 2. The first-order valence-corrected chi connectivity index (χ1v) is 8.08. The Labute approximate surface area is 139 Å². The van der Waals surface area contributed by atoms with E-state index in [2.05, 4.69) is 10.6 Å². The second-order valence-corrected chi connectivity index (χ2v) is 6.25. The van der Waals surface area contributed by atoms with Crippen LogP contribution in [0, 0.1) is 0 Å². The molecule has 7 nitrogen and oxygen atoms in total. The molecule has 1 aliphatic carbocycles. The summed E-state index contributed by atoms with van der Waals surface area (Å²) in [4.78, 5) is 34.1. The van der Waals surface area contributed by atoms with E-state index in [-0.39, 0.29) is 18.2 Å². The van der Waals surface area contributed by atoms with Crippen molar-refractivity contribution < 1.29 is 24.2 Å². The first kappa shape index (κ1) is 16.3. The third-order valence-electron chi connectivity index (χ3n) is 4.33. The topological polar surface area (TPSA) is 105 Å². The molecule has 24 heavy (non-hydrogen) atoms. The van der Waals surface area contributed by atoms with E-state index in [0.29, 0.717) is 44.5 Å². The van der Waals surface area contributed by atoms with Crippen LogP contribution in [0.3, 0.4) is 0 Å². The molecule has 0 atom stereocenters. The Morgan fingerprint density at radius 1 is 1.29 bits per heavy atom. The third-order valence-corrected chi connectivity index (χ3v) is 4.33. The van der Waals surface area contributed by atoms with Crippen molar-refractivity contribution in [3.63, 3.8) is 0 Å². The van der Waals surface area contributed by atoms with Crippen molar-refractivity contribution in [2.24, 2.45) is 0 Å². The Balaban J connectivity index is 1.41. The SMILES string of the molecule is O=C1CCc2cc(OCCCC(=O)NC3(C(=O)O)CC3)ccc2N1. The lowest BCUT2D eigenvalue weighted by Gasteiger charge is -2.17. The van der Waals surface area contributed by atoms with E-state index in [0.717, 1.165) is 11.3 Å². The maximum absolute atomic E-state index is 11.8. The largest absolute Gasteiger partial charge is 0.494 e. The number of carbonyl (C=O) groups is 3. The monoisotopic (exact) mass is 332 g/mol. The van der Waals surface area contributed by atoms with Crippen molar-refractivity contribution in [3.05, 3.63) is 23.8 Å². The molecule has 0 radical (unpaired) electrons. The lowest BCUT2D eigenvalue weighted by Crippen LogP contribution is -2.43. The molecule has 2 aliphatic rings. The summed E-state index contributed by atoms with van der Waals surface area (Å²) in [5, 5.41) is 14.4. The highest BCUT2D eigenvalue weighted by molar-refractivity contribution is 5.94. The van der Waals surface area contributed by atoms with Gasteiger partial charge in [-0.15, -0.1) is 0 Å². The molecule has 2 amide bonds. The fourth-order valence-corrected chi connectivity index (χ4v) is 2.72. The predicted molar refractivity (Wildman–Crippen MR) is 85.9 cm³/mol. The quantitative estimate of drug-likeness (QED) is 0.656. The summed E-state index contributed by atoms with van der Waals surface area (Å²) in [5.41, 5.74) is 0.837. The van der Waals surface area contributed by atoms with Crippen LogP contribution in [0.25, 0.3) is 0 Å². The highest BCUT2D eigenvalue weighted by Gasteiger charge is 2.51. The molecule has 0 saturated heterocycles. The number of aryl methyl sites for hydroxylation is 1. The average Bonchev–Trinajstić information content (AvgIpc) is 3.32.